The molecule has 2 rings (SSSR count). The first-order valence-corrected chi connectivity index (χ1v) is 7.04. The van der Waals surface area contributed by atoms with E-state index in [1.54, 1.807) is 4.90 Å². The third-order valence-corrected chi connectivity index (χ3v) is 3.55. The van der Waals surface area contributed by atoms with Crippen LogP contribution in [0.3, 0.4) is 0 Å². The minimum absolute atomic E-state index is 0.214. The molecule has 0 saturated carbocycles. The van der Waals surface area contributed by atoms with Crippen LogP contribution in [-0.4, -0.2) is 43.9 Å². The van der Waals surface area contributed by atoms with E-state index in [9.17, 15) is 26.3 Å². The summed E-state index contributed by atoms with van der Waals surface area (Å²) in [6.07, 6.45) is -8.30. The molecule has 130 valence electrons. The zero-order valence-electron chi connectivity index (χ0n) is 12.0. The molecule has 0 unspecified atom stereocenters. The molecular formula is C14H16F6N2O. The Morgan fingerprint density at radius 1 is 1.17 bits per heavy atom. The van der Waals surface area contributed by atoms with Gasteiger partial charge in [-0.15, -0.1) is 13.2 Å². The molecule has 0 spiro atoms. The lowest BCUT2D eigenvalue weighted by Crippen LogP contribution is -2.45. The molecule has 1 aromatic rings. The highest BCUT2D eigenvalue weighted by Crippen LogP contribution is 2.33. The number of benzene rings is 1. The van der Waals surface area contributed by atoms with Crippen LogP contribution >= 0.6 is 0 Å². The third-order valence-electron chi connectivity index (χ3n) is 3.55. The predicted octanol–water partition coefficient (Wildman–Crippen LogP) is 3.33. The van der Waals surface area contributed by atoms with Crippen LogP contribution in [0.15, 0.2) is 18.2 Å². The van der Waals surface area contributed by atoms with Crippen molar-refractivity contribution in [2.45, 2.75) is 25.3 Å². The summed E-state index contributed by atoms with van der Waals surface area (Å²) in [6, 6.07) is 1.47. The van der Waals surface area contributed by atoms with Gasteiger partial charge in [0.05, 0.1) is 0 Å². The summed E-state index contributed by atoms with van der Waals surface area (Å²) in [4.78, 5) is 1.64. The molecular weight excluding hydrogens is 326 g/mol. The minimum atomic E-state index is -4.93. The van der Waals surface area contributed by atoms with Crippen molar-refractivity contribution in [3.63, 3.8) is 0 Å². The largest absolute Gasteiger partial charge is 0.573 e. The molecule has 0 bridgehead atoms. The highest BCUT2D eigenvalue weighted by Gasteiger charge is 2.33. The highest BCUT2D eigenvalue weighted by atomic mass is 19.4. The van der Waals surface area contributed by atoms with E-state index in [1.165, 1.54) is 0 Å². The van der Waals surface area contributed by atoms with Crippen LogP contribution in [0.2, 0.25) is 0 Å². The van der Waals surface area contributed by atoms with E-state index in [4.69, 9.17) is 0 Å². The van der Waals surface area contributed by atoms with Gasteiger partial charge in [0, 0.05) is 44.2 Å². The van der Waals surface area contributed by atoms with E-state index in [2.05, 4.69) is 10.1 Å². The van der Waals surface area contributed by atoms with Crippen LogP contribution < -0.4 is 10.1 Å². The zero-order valence-corrected chi connectivity index (χ0v) is 12.0. The number of hydrogen-bond acceptors (Lipinski definition) is 3. The Hall–Kier alpha value is -1.48. The van der Waals surface area contributed by atoms with Crippen LogP contribution in [0.5, 0.6) is 5.75 Å². The fourth-order valence-corrected chi connectivity index (χ4v) is 2.61. The summed E-state index contributed by atoms with van der Waals surface area (Å²) in [6.45, 7) is 1.89. The number of alkyl halides is 5. The fraction of sp³-hybridized carbons (Fsp3) is 0.571. The van der Waals surface area contributed by atoms with Gasteiger partial charge in [-0.2, -0.15) is 0 Å². The van der Waals surface area contributed by atoms with Gasteiger partial charge < -0.3 is 10.1 Å². The molecule has 9 heteroatoms. The van der Waals surface area contributed by atoms with E-state index in [0.29, 0.717) is 26.2 Å². The Balaban J connectivity index is 2.30. The summed E-state index contributed by atoms with van der Waals surface area (Å²) in [5.74, 6) is -1.45. The molecule has 1 saturated heterocycles. The molecule has 1 heterocycles. The monoisotopic (exact) mass is 342 g/mol. The van der Waals surface area contributed by atoms with Crippen molar-refractivity contribution in [3.05, 3.63) is 29.6 Å². The van der Waals surface area contributed by atoms with Gasteiger partial charge in [0.15, 0.2) is 0 Å². The number of nitrogens with one attached hydrogen (secondary N) is 1. The van der Waals surface area contributed by atoms with Crippen LogP contribution in [0.4, 0.5) is 26.3 Å². The van der Waals surface area contributed by atoms with E-state index in [0.717, 1.165) is 18.2 Å². The van der Waals surface area contributed by atoms with E-state index in [1.807, 2.05) is 0 Å². The van der Waals surface area contributed by atoms with Crippen LogP contribution in [0.1, 0.15) is 18.0 Å². The Bertz CT molecular complexity index is 516. The molecule has 1 aromatic carbocycles. The fourth-order valence-electron chi connectivity index (χ4n) is 2.61. The average molecular weight is 342 g/mol. The van der Waals surface area contributed by atoms with E-state index >= 15 is 0 Å². The summed E-state index contributed by atoms with van der Waals surface area (Å²) < 4.78 is 80.3. The van der Waals surface area contributed by atoms with Crippen molar-refractivity contribution in [3.8, 4) is 5.75 Å². The van der Waals surface area contributed by atoms with Gasteiger partial charge in [-0.3, -0.25) is 4.90 Å². The van der Waals surface area contributed by atoms with E-state index in [-0.39, 0.29) is 5.56 Å². The number of nitrogens with zero attached hydrogens (tertiary/aromatic N) is 1. The summed E-state index contributed by atoms with van der Waals surface area (Å²) in [7, 11) is 0. The number of piperazine rings is 1. The number of rotatable bonds is 5. The first-order valence-electron chi connectivity index (χ1n) is 7.04. The number of ether oxygens (including phenoxy) is 1. The van der Waals surface area contributed by atoms with Crippen LogP contribution in [0, 0.1) is 5.82 Å². The third kappa shape index (κ3) is 5.28. The molecule has 1 aliphatic rings. The van der Waals surface area contributed by atoms with E-state index < -0.39 is 36.8 Å². The summed E-state index contributed by atoms with van der Waals surface area (Å²) in [5.41, 5.74) is -0.214. The molecule has 0 amide bonds. The summed E-state index contributed by atoms with van der Waals surface area (Å²) >= 11 is 0. The quantitative estimate of drug-likeness (QED) is 0.831. The molecule has 1 fully saturated rings. The average Bonchev–Trinajstić information content (AvgIpc) is 2.46. The molecule has 1 N–H and O–H groups in total. The Morgan fingerprint density at radius 2 is 1.83 bits per heavy atom. The van der Waals surface area contributed by atoms with Crippen molar-refractivity contribution in [2.24, 2.45) is 0 Å². The Labute approximate surface area is 129 Å². The number of hydrogen-bond donors (Lipinski definition) is 1. The smallest absolute Gasteiger partial charge is 0.406 e. The predicted molar refractivity (Wildman–Crippen MR) is 70.9 cm³/mol. The zero-order chi connectivity index (χ0) is 17.0. The maximum atomic E-state index is 14.0. The normalized spacial score (nSPS) is 18.2. The lowest BCUT2D eigenvalue weighted by Gasteiger charge is -2.35. The van der Waals surface area contributed by atoms with Crippen LogP contribution in [-0.2, 0) is 0 Å². The molecule has 0 radical (unpaired) electrons. The topological polar surface area (TPSA) is 24.5 Å². The second-order valence-corrected chi connectivity index (χ2v) is 5.16. The SMILES string of the molecule is Fc1ccc(OC(F)(F)F)cc1[C@H](CC(F)F)N1CCNCC1. The first-order chi connectivity index (χ1) is 10.8. The van der Waals surface area contributed by atoms with Gasteiger partial charge in [0.2, 0.25) is 6.43 Å². The Morgan fingerprint density at radius 3 is 2.39 bits per heavy atom. The lowest BCUT2D eigenvalue weighted by atomic mass is 10.00. The molecule has 3 nitrogen and oxygen atoms in total. The lowest BCUT2D eigenvalue weighted by molar-refractivity contribution is -0.274. The first kappa shape index (κ1) is 17.9. The number of halogens is 6. The second kappa shape index (κ2) is 7.39. The van der Waals surface area contributed by atoms with Crippen molar-refractivity contribution in [2.75, 3.05) is 26.2 Å². The molecule has 1 aliphatic heterocycles. The molecule has 1 atom stereocenters. The maximum absolute atomic E-state index is 14.0. The maximum Gasteiger partial charge on any atom is 0.573 e. The van der Waals surface area contributed by atoms with Gasteiger partial charge in [-0.25, -0.2) is 13.2 Å². The summed E-state index contributed by atoms with van der Waals surface area (Å²) in [5, 5.41) is 3.04. The molecule has 0 aromatic heterocycles. The van der Waals surface area contributed by atoms with Crippen molar-refractivity contribution < 1.29 is 31.1 Å². The van der Waals surface area contributed by atoms with Crippen molar-refractivity contribution >= 4 is 0 Å². The standard InChI is InChI=1S/C14H16F6N2O/c15-11-2-1-9(23-14(18,19)20)7-10(11)12(8-13(16)17)22-5-3-21-4-6-22/h1-2,7,12-13,21H,3-6,8H2/t12-/m0/s1. The van der Waals surface area contributed by atoms with Gasteiger partial charge in [0.1, 0.15) is 11.6 Å². The van der Waals surface area contributed by atoms with Gasteiger partial charge in [-0.05, 0) is 18.2 Å². The molecule has 0 aliphatic carbocycles. The second-order valence-electron chi connectivity index (χ2n) is 5.16. The van der Waals surface area contributed by atoms with Gasteiger partial charge in [-0.1, -0.05) is 0 Å². The van der Waals surface area contributed by atoms with Crippen molar-refractivity contribution in [1.82, 2.24) is 10.2 Å². The Kier molecular flexibility index (Phi) is 5.74. The highest BCUT2D eigenvalue weighted by molar-refractivity contribution is 5.32. The van der Waals surface area contributed by atoms with Crippen molar-refractivity contribution in [1.29, 1.82) is 0 Å². The van der Waals surface area contributed by atoms with Crippen LogP contribution in [0.25, 0.3) is 0 Å². The van der Waals surface area contributed by atoms with Gasteiger partial charge in [0.25, 0.3) is 0 Å². The van der Waals surface area contributed by atoms with Gasteiger partial charge >= 0.3 is 6.36 Å². The molecule has 23 heavy (non-hydrogen) atoms. The minimum Gasteiger partial charge on any atom is -0.406 e.